The van der Waals surface area contributed by atoms with E-state index in [1.54, 1.807) is 39.8 Å². The summed E-state index contributed by atoms with van der Waals surface area (Å²) < 4.78 is 1.61. The molecule has 0 N–H and O–H groups in total. The van der Waals surface area contributed by atoms with Crippen LogP contribution in [0, 0.1) is 6.92 Å². The molecule has 0 aliphatic heterocycles. The van der Waals surface area contributed by atoms with Gasteiger partial charge >= 0.3 is 0 Å². The summed E-state index contributed by atoms with van der Waals surface area (Å²) in [6.07, 6.45) is 0. The summed E-state index contributed by atoms with van der Waals surface area (Å²) in [5.41, 5.74) is 2.66. The van der Waals surface area contributed by atoms with Crippen LogP contribution in [-0.2, 0) is 0 Å². The van der Waals surface area contributed by atoms with Gasteiger partial charge in [0.25, 0.3) is 11.5 Å². The monoisotopic (exact) mass is 445 g/mol. The normalized spacial score (nSPS) is 12.0. The molecule has 1 aromatic heterocycles. The first kappa shape index (κ1) is 21.8. The van der Waals surface area contributed by atoms with E-state index in [0.717, 1.165) is 5.56 Å². The third kappa shape index (κ3) is 3.92. The molecule has 0 spiro atoms. The quantitative estimate of drug-likeness (QED) is 0.403. The Kier molecular flexibility index (Phi) is 6.10. The van der Waals surface area contributed by atoms with Gasteiger partial charge in [0.2, 0.25) is 0 Å². The van der Waals surface area contributed by atoms with E-state index in [0.29, 0.717) is 39.5 Å². The molecule has 0 fully saturated rings. The topological polar surface area (TPSA) is 55.2 Å². The van der Waals surface area contributed by atoms with Crippen molar-refractivity contribution in [2.75, 3.05) is 6.54 Å². The van der Waals surface area contributed by atoms with Crippen LogP contribution in [0.3, 0.4) is 0 Å². The number of fused-ring (bicyclic) bond motifs is 1. The van der Waals surface area contributed by atoms with Crippen LogP contribution in [0.15, 0.2) is 77.6 Å². The molecule has 0 aliphatic rings. The molecule has 1 amide bonds. The molecule has 0 bridgehead atoms. The van der Waals surface area contributed by atoms with E-state index < -0.39 is 6.04 Å². The second-order valence-corrected chi connectivity index (χ2v) is 8.12. The first-order valence-corrected chi connectivity index (χ1v) is 10.9. The summed E-state index contributed by atoms with van der Waals surface area (Å²) in [6, 6.07) is 21.5. The molecule has 6 heteroatoms. The number of hydrogen-bond acceptors (Lipinski definition) is 3. The summed E-state index contributed by atoms with van der Waals surface area (Å²) in [6.45, 7) is 6.22. The number of benzene rings is 3. The van der Waals surface area contributed by atoms with Gasteiger partial charge in [-0.1, -0.05) is 53.6 Å². The van der Waals surface area contributed by atoms with Gasteiger partial charge in [-0.3, -0.25) is 14.2 Å². The lowest BCUT2D eigenvalue weighted by Crippen LogP contribution is -2.37. The van der Waals surface area contributed by atoms with Crippen molar-refractivity contribution in [3.8, 4) is 5.69 Å². The second kappa shape index (κ2) is 8.97. The Hall–Kier alpha value is -3.44. The van der Waals surface area contributed by atoms with Crippen LogP contribution >= 0.6 is 11.6 Å². The van der Waals surface area contributed by atoms with Crippen LogP contribution < -0.4 is 5.56 Å². The third-order valence-corrected chi connectivity index (χ3v) is 5.97. The fraction of sp³-hybridized carbons (Fsp3) is 0.192. The number of nitrogens with zero attached hydrogens (tertiary/aromatic N) is 3. The molecule has 5 nitrogen and oxygen atoms in total. The fourth-order valence-electron chi connectivity index (χ4n) is 3.90. The molecule has 1 unspecified atom stereocenters. The van der Waals surface area contributed by atoms with E-state index in [2.05, 4.69) is 0 Å². The largest absolute Gasteiger partial charge is 0.329 e. The molecule has 4 aromatic rings. The first-order chi connectivity index (χ1) is 15.4. The van der Waals surface area contributed by atoms with E-state index >= 15 is 0 Å². The molecule has 4 rings (SSSR count). The zero-order valence-corrected chi connectivity index (χ0v) is 19.0. The predicted molar refractivity (Wildman–Crippen MR) is 129 cm³/mol. The number of rotatable bonds is 5. The summed E-state index contributed by atoms with van der Waals surface area (Å²) in [4.78, 5) is 33.4. The number of carbonyl (C=O) groups excluding carboxylic acids is 1. The lowest BCUT2D eigenvalue weighted by atomic mass is 10.1. The van der Waals surface area contributed by atoms with Gasteiger partial charge in [0, 0.05) is 6.54 Å². The number of carbonyl (C=O) groups is 1. The minimum atomic E-state index is -0.470. The van der Waals surface area contributed by atoms with Crippen molar-refractivity contribution in [3.05, 3.63) is 105 Å². The number of halogens is 1. The van der Waals surface area contributed by atoms with Crippen molar-refractivity contribution < 1.29 is 4.79 Å². The van der Waals surface area contributed by atoms with Gasteiger partial charge in [-0.05, 0) is 57.2 Å². The molecule has 0 saturated carbocycles. The van der Waals surface area contributed by atoms with E-state index in [1.807, 2.05) is 63.2 Å². The lowest BCUT2D eigenvalue weighted by molar-refractivity contribution is 0.0693. The highest BCUT2D eigenvalue weighted by Gasteiger charge is 2.27. The smallest absolute Gasteiger partial charge is 0.266 e. The van der Waals surface area contributed by atoms with Gasteiger partial charge in [0.1, 0.15) is 5.82 Å². The lowest BCUT2D eigenvalue weighted by Gasteiger charge is -2.30. The molecular weight excluding hydrogens is 422 g/mol. The summed E-state index contributed by atoms with van der Waals surface area (Å²) in [7, 11) is 0. The standard InChI is InChI=1S/C26H24ClN3O2/c1-4-29(25(31)20-9-5-7-11-22(20)27)18(3)24-28-23-12-8-6-10-21(23)26(32)30(24)19-15-13-17(2)14-16-19/h5-16,18H,4H2,1-3H3. The maximum Gasteiger partial charge on any atom is 0.266 e. The van der Waals surface area contributed by atoms with Gasteiger partial charge in [0.05, 0.1) is 33.2 Å². The molecule has 0 radical (unpaired) electrons. The summed E-state index contributed by atoms with van der Waals surface area (Å²) in [5.74, 6) is 0.295. The zero-order valence-electron chi connectivity index (χ0n) is 18.2. The molecular formula is C26H24ClN3O2. The van der Waals surface area contributed by atoms with E-state index in [-0.39, 0.29) is 11.5 Å². The maximum absolute atomic E-state index is 13.5. The highest BCUT2D eigenvalue weighted by Crippen LogP contribution is 2.26. The van der Waals surface area contributed by atoms with Crippen LogP contribution in [-0.4, -0.2) is 26.9 Å². The van der Waals surface area contributed by atoms with E-state index in [1.165, 1.54) is 0 Å². The second-order valence-electron chi connectivity index (χ2n) is 7.71. The Balaban J connectivity index is 1.91. The minimum absolute atomic E-state index is 0.164. The van der Waals surface area contributed by atoms with Crippen molar-refractivity contribution in [2.24, 2.45) is 0 Å². The average molecular weight is 446 g/mol. The van der Waals surface area contributed by atoms with Gasteiger partial charge in [-0.15, -0.1) is 0 Å². The van der Waals surface area contributed by atoms with Gasteiger partial charge in [0.15, 0.2) is 0 Å². The van der Waals surface area contributed by atoms with Crippen LogP contribution in [0.25, 0.3) is 16.6 Å². The molecule has 0 saturated heterocycles. The molecule has 162 valence electrons. The SMILES string of the molecule is CCN(C(=O)c1ccccc1Cl)C(C)c1nc2ccccc2c(=O)n1-c1ccc(C)cc1. The Bertz CT molecular complexity index is 1350. The van der Waals surface area contributed by atoms with Gasteiger partial charge < -0.3 is 4.90 Å². The minimum Gasteiger partial charge on any atom is -0.329 e. The van der Waals surface area contributed by atoms with Crippen molar-refractivity contribution in [1.82, 2.24) is 14.5 Å². The molecule has 3 aromatic carbocycles. The van der Waals surface area contributed by atoms with Crippen molar-refractivity contribution in [2.45, 2.75) is 26.8 Å². The van der Waals surface area contributed by atoms with Crippen LogP contribution in [0.1, 0.15) is 41.6 Å². The molecule has 0 aliphatic carbocycles. The van der Waals surface area contributed by atoms with Crippen LogP contribution in [0.2, 0.25) is 5.02 Å². The van der Waals surface area contributed by atoms with E-state index in [9.17, 15) is 9.59 Å². The molecule has 1 atom stereocenters. The molecule has 1 heterocycles. The van der Waals surface area contributed by atoms with Crippen LogP contribution in [0.5, 0.6) is 0 Å². The fourth-order valence-corrected chi connectivity index (χ4v) is 4.11. The number of hydrogen-bond donors (Lipinski definition) is 0. The third-order valence-electron chi connectivity index (χ3n) is 5.64. The van der Waals surface area contributed by atoms with Crippen molar-refractivity contribution >= 4 is 28.4 Å². The average Bonchev–Trinajstić information content (AvgIpc) is 2.80. The Morgan fingerprint density at radius 1 is 1.03 bits per heavy atom. The predicted octanol–water partition coefficient (Wildman–Crippen LogP) is 5.57. The van der Waals surface area contributed by atoms with Crippen molar-refractivity contribution in [1.29, 1.82) is 0 Å². The Labute approximate surface area is 191 Å². The Morgan fingerprint density at radius 3 is 2.38 bits per heavy atom. The van der Waals surface area contributed by atoms with Gasteiger partial charge in [-0.25, -0.2) is 4.98 Å². The summed E-state index contributed by atoms with van der Waals surface area (Å²) >= 11 is 6.30. The highest BCUT2D eigenvalue weighted by molar-refractivity contribution is 6.33. The number of aryl methyl sites for hydroxylation is 1. The zero-order chi connectivity index (χ0) is 22.8. The Morgan fingerprint density at radius 2 is 1.69 bits per heavy atom. The number of para-hydroxylation sites is 1. The van der Waals surface area contributed by atoms with E-state index in [4.69, 9.17) is 16.6 Å². The van der Waals surface area contributed by atoms with Gasteiger partial charge in [-0.2, -0.15) is 0 Å². The maximum atomic E-state index is 13.5. The van der Waals surface area contributed by atoms with Crippen molar-refractivity contribution in [3.63, 3.8) is 0 Å². The van der Waals surface area contributed by atoms with Crippen LogP contribution in [0.4, 0.5) is 0 Å². The number of amides is 1. The highest BCUT2D eigenvalue weighted by atomic mass is 35.5. The first-order valence-electron chi connectivity index (χ1n) is 10.6. The number of aromatic nitrogens is 2. The molecule has 32 heavy (non-hydrogen) atoms. The summed E-state index contributed by atoms with van der Waals surface area (Å²) in [5, 5.41) is 0.926.